The molecule has 3 atom stereocenters. The van der Waals surface area contributed by atoms with Crippen LogP contribution in [0.1, 0.15) is 195 Å². The Balaban J connectivity index is 0.000000145. The molecule has 17 rings (SSSR count). The Kier molecular flexibility index (Phi) is 30.0. The number of amides is 4. The zero-order chi connectivity index (χ0) is 86.6. The van der Waals surface area contributed by atoms with E-state index in [0.717, 1.165) is 142 Å². The number of furan rings is 3. The quantitative estimate of drug-likeness (QED) is 0.0135. The maximum absolute atomic E-state index is 13.2. The molecule has 3 aliphatic carbocycles. The van der Waals surface area contributed by atoms with E-state index >= 15 is 0 Å². The third kappa shape index (κ3) is 22.6. The van der Waals surface area contributed by atoms with Gasteiger partial charge in [-0.25, -0.2) is 29.3 Å². The highest BCUT2D eigenvalue weighted by atomic mass is 32.2. The number of carbonyl (C=O) groups is 10. The summed E-state index contributed by atoms with van der Waals surface area (Å²) in [6.07, 6.45) is 31.7. The Bertz CT molecular complexity index is 5850. The Hall–Kier alpha value is -12.6. The van der Waals surface area contributed by atoms with Gasteiger partial charge in [-0.05, 0) is 140 Å². The number of rotatable bonds is 23. The van der Waals surface area contributed by atoms with Crippen LogP contribution in [0.4, 0.5) is 0 Å². The topological polar surface area (TPSA) is 389 Å². The zero-order valence-corrected chi connectivity index (χ0v) is 70.9. The average Bonchev–Trinajstić information content (AvgIpc) is 1.62. The van der Waals surface area contributed by atoms with Crippen molar-refractivity contribution in [3.63, 3.8) is 0 Å². The van der Waals surface area contributed by atoms with Gasteiger partial charge in [0.15, 0.2) is 5.78 Å². The summed E-state index contributed by atoms with van der Waals surface area (Å²) in [5.41, 5.74) is 17.1. The first-order valence-corrected chi connectivity index (χ1v) is 43.2. The van der Waals surface area contributed by atoms with Gasteiger partial charge in [-0.3, -0.25) is 33.6 Å². The van der Waals surface area contributed by atoms with E-state index in [2.05, 4.69) is 52.9 Å². The minimum atomic E-state index is -1.13. The molecule has 3 saturated carbocycles. The fraction of sp³-hybridized carbons (Fsp3) is 0.293. The number of ketones is 1. The summed E-state index contributed by atoms with van der Waals surface area (Å²) in [7, 11) is 1.29. The maximum Gasteiger partial charge on any atom is 0.335 e. The van der Waals surface area contributed by atoms with Crippen LogP contribution in [0.3, 0.4) is 0 Å². The lowest BCUT2D eigenvalue weighted by Crippen LogP contribution is -2.65. The fourth-order valence-electron chi connectivity index (χ4n) is 15.6. The number of benzene rings is 6. The van der Waals surface area contributed by atoms with Crippen molar-refractivity contribution in [2.24, 2.45) is 0 Å². The van der Waals surface area contributed by atoms with Gasteiger partial charge in [0.2, 0.25) is 5.91 Å². The number of Topliss-reactive ketones (excluding diaryl/α,β-unsaturated/α-hetero) is 1. The number of aldehydes is 2. The highest BCUT2D eigenvalue weighted by Crippen LogP contribution is 2.40. The number of carboxylic acids is 2. The van der Waals surface area contributed by atoms with E-state index in [9.17, 15) is 58.2 Å². The molecule has 634 valence electrons. The summed E-state index contributed by atoms with van der Waals surface area (Å²) >= 11 is 12.2. The molecular weight excluding hydrogens is 1640 g/mol. The van der Waals surface area contributed by atoms with Gasteiger partial charge in [-0.15, -0.1) is 0 Å². The van der Waals surface area contributed by atoms with E-state index < -0.39 is 35.9 Å². The number of nitrogens with zero attached hydrogens (tertiary/aromatic N) is 6. The number of aromatic nitrogens is 6. The number of carbonyl (C=O) groups excluding carboxylic acids is 8. The molecule has 123 heavy (non-hydrogen) atoms. The largest absolute Gasteiger partial charge is 0.480 e. The summed E-state index contributed by atoms with van der Waals surface area (Å²) in [5, 5.41) is 29.6. The van der Waals surface area contributed by atoms with Crippen molar-refractivity contribution in [3.05, 3.63) is 238 Å². The lowest BCUT2D eigenvalue weighted by molar-refractivity contribution is -0.402. The van der Waals surface area contributed by atoms with Gasteiger partial charge in [-0.2, -0.15) is 0 Å². The molecular formula is C92H92N11O16S4+. The number of hydrogen-bond donors (Lipinski definition) is 7. The Labute approximate surface area is 726 Å². The predicted octanol–water partition coefficient (Wildman–Crippen LogP) is 15.7. The van der Waals surface area contributed by atoms with Crippen LogP contribution in [-0.4, -0.2) is 138 Å². The smallest absolute Gasteiger partial charge is 0.335 e. The van der Waals surface area contributed by atoms with Crippen LogP contribution < -0.4 is 27.0 Å². The number of esters is 1. The Morgan fingerprint density at radius 1 is 0.528 bits per heavy atom. The molecule has 0 spiro atoms. The molecule has 5 aliphatic rings. The molecule has 2 saturated heterocycles. The van der Waals surface area contributed by atoms with E-state index in [4.69, 9.17) is 45.2 Å². The number of aromatic carboxylic acids is 1. The molecule has 6 aromatic carbocycles. The molecule has 0 unspecified atom stereocenters. The van der Waals surface area contributed by atoms with Gasteiger partial charge in [-0.1, -0.05) is 179 Å². The van der Waals surface area contributed by atoms with Crippen LogP contribution in [0.15, 0.2) is 201 Å². The molecule has 31 heteroatoms. The first-order valence-electron chi connectivity index (χ1n) is 40.6. The van der Waals surface area contributed by atoms with E-state index in [-0.39, 0.29) is 48.0 Å². The first kappa shape index (κ1) is 88.2. The molecule has 6 aromatic heterocycles. The summed E-state index contributed by atoms with van der Waals surface area (Å²) < 4.78 is 28.6. The van der Waals surface area contributed by atoms with Crippen molar-refractivity contribution in [3.8, 4) is 34.2 Å². The number of methoxy groups -OCH3 is 1. The van der Waals surface area contributed by atoms with Crippen LogP contribution in [0, 0.1) is 0 Å². The third-order valence-corrected chi connectivity index (χ3v) is 24.4. The van der Waals surface area contributed by atoms with Crippen LogP contribution in [-0.2, 0) is 48.0 Å². The number of hydrogen-bond acceptors (Lipinski definition) is 21. The Morgan fingerprint density at radius 2 is 0.919 bits per heavy atom. The lowest BCUT2D eigenvalue weighted by atomic mass is 9.95. The molecule has 2 aliphatic heterocycles. The number of carboxylic acid groups (broad SMARTS) is 2. The standard InChI is InChI=1S/C31H28N4O5S2.C29H29N3O5.C18H18N2O3.C11H13NO2.C3H3NOS2/c36-28(33-24(30(38)39)14-18-6-8-19(9-7-18)15-26-29(37)34-31(41)42-26)20-10-11-25-23(16-20)32-27(21-12-13-40-17-21)35(25)22-4-2-1-3-5-22;1-36-29(35)25(15-19-7-9-20(17-33)10-8-19)31-28(34)21-11-12-26-24(16-21)30-27(22-13-14-37-18-22)32(26)23-5-3-2-4-6-23;21-18(22)12-6-7-16-15(10-12)19-17(13-8-9-23-11-13)20(16)14-4-2-1-3-5-14;1-8(14)11(12)6-9-2-4-10(7-13)5-3-9;5-2-1-7-3(6)4-2/h6-13,15-17,22,24H,1-5,14H2,(H,33,36)(H,38,39)(H,34,37,41);7-14,16-18,23,25H,2-6,15H2,1H3,(H,31,34);6-11,14H,1-5H2,(H,21,22);2-5,7,11H,6,12H2,1H3;1H2,(H,4,5,6)/p+1/b26-15-;;;;/t24-;25-;;11-;/m00.0./s1. The molecule has 4 amide bonds. The van der Waals surface area contributed by atoms with Crippen molar-refractivity contribution >= 4 is 156 Å². The maximum atomic E-state index is 13.2. The summed E-state index contributed by atoms with van der Waals surface area (Å²) in [6.45, 7) is 1.54. The van der Waals surface area contributed by atoms with Crippen LogP contribution in [0.25, 0.3) is 73.3 Å². The molecule has 12 aromatic rings. The van der Waals surface area contributed by atoms with Gasteiger partial charge in [0.05, 0.1) is 91.9 Å². The second kappa shape index (κ2) is 41.8. The van der Waals surface area contributed by atoms with Crippen molar-refractivity contribution in [1.29, 1.82) is 0 Å². The summed E-state index contributed by atoms with van der Waals surface area (Å²) in [5.74, 6) is -0.601. The average molecular weight is 1740 g/mol. The van der Waals surface area contributed by atoms with Gasteiger partial charge >= 0.3 is 17.9 Å². The SMILES string of the molecule is CC(=O)[C@@H]([NH3+])Cc1ccc(C=O)cc1.COC(=O)[C@H](Cc1ccc(C=O)cc1)NC(=O)c1ccc2c(c1)nc(-c1ccoc1)n2C1CCCCC1.O=C(O)c1ccc2c(c1)nc(-c1ccoc1)n2C1CCCCC1.O=C1CSC(=S)N1.O=C1NC(=S)S/C1=C\c1ccc(C[C@H](NC(=O)c2ccc3c(c2)nc(-c2ccoc2)n3C2CCCCC2)C(=O)O)cc1. The molecule has 5 fully saturated rings. The van der Waals surface area contributed by atoms with E-state index in [1.165, 1.54) is 82.5 Å². The number of thioether (sulfide) groups is 2. The number of fused-ring (bicyclic) bond motifs is 3. The number of ether oxygens (including phenoxy) is 1. The number of imidazole rings is 3. The number of thiocarbonyl (C=S) groups is 2. The van der Waals surface area contributed by atoms with Gasteiger partial charge in [0.1, 0.15) is 75.6 Å². The van der Waals surface area contributed by atoms with Crippen molar-refractivity contribution in [1.82, 2.24) is 49.9 Å². The number of quaternary nitrogens is 1. The van der Waals surface area contributed by atoms with Crippen molar-refractivity contribution in [2.45, 2.75) is 159 Å². The minimum Gasteiger partial charge on any atom is -0.480 e. The molecule has 27 nitrogen and oxygen atoms in total. The Morgan fingerprint density at radius 3 is 1.25 bits per heavy atom. The lowest BCUT2D eigenvalue weighted by Gasteiger charge is -2.25. The van der Waals surface area contributed by atoms with Crippen LogP contribution >= 0.6 is 48.0 Å². The van der Waals surface area contributed by atoms with Gasteiger partial charge in [0.25, 0.3) is 17.7 Å². The van der Waals surface area contributed by atoms with Crippen LogP contribution in [0.2, 0.25) is 0 Å². The second-order valence-electron chi connectivity index (χ2n) is 30.5. The number of nitrogens with one attached hydrogen (secondary N) is 4. The second-order valence-corrected chi connectivity index (χ2v) is 33.9. The predicted molar refractivity (Wildman–Crippen MR) is 476 cm³/mol. The highest BCUT2D eigenvalue weighted by molar-refractivity contribution is 8.27. The summed E-state index contributed by atoms with van der Waals surface area (Å²) in [6, 6.07) is 41.8. The van der Waals surface area contributed by atoms with E-state index in [1.54, 1.807) is 141 Å². The van der Waals surface area contributed by atoms with E-state index in [1.807, 2.05) is 48.5 Å². The molecule has 8 heterocycles. The van der Waals surface area contributed by atoms with E-state index in [0.29, 0.717) is 77.1 Å². The van der Waals surface area contributed by atoms with Crippen molar-refractivity contribution in [2.75, 3.05) is 12.9 Å². The molecule has 9 N–H and O–H groups in total. The minimum absolute atomic E-state index is 0.0231. The highest BCUT2D eigenvalue weighted by Gasteiger charge is 2.31. The number of aliphatic carboxylic acids is 1. The van der Waals surface area contributed by atoms with Gasteiger partial charge < -0.3 is 68.9 Å². The van der Waals surface area contributed by atoms with Crippen molar-refractivity contribution < 1.29 is 81.9 Å². The summed E-state index contributed by atoms with van der Waals surface area (Å²) in [4.78, 5) is 132. The van der Waals surface area contributed by atoms with Crippen LogP contribution in [0.5, 0.6) is 0 Å². The zero-order valence-electron chi connectivity index (χ0n) is 67.6. The molecule has 0 bridgehead atoms. The fourth-order valence-corrected chi connectivity index (χ4v) is 17.5. The monoisotopic (exact) mass is 1730 g/mol. The molecule has 0 radical (unpaired) electrons. The van der Waals surface area contributed by atoms with Gasteiger partial charge in [0, 0.05) is 66.6 Å². The normalized spacial score (nSPS) is 15.9. The first-order chi connectivity index (χ1) is 59.6. The third-order valence-electron chi connectivity index (χ3n) is 22.1.